The summed E-state index contributed by atoms with van der Waals surface area (Å²) >= 11 is 1.96. The molecule has 0 aromatic rings. The summed E-state index contributed by atoms with van der Waals surface area (Å²) in [6, 6.07) is 0.417. The lowest BCUT2D eigenvalue weighted by molar-refractivity contribution is -0.129. The van der Waals surface area contributed by atoms with Gasteiger partial charge in [0.25, 0.3) is 0 Å². The molecule has 1 aliphatic carbocycles. The van der Waals surface area contributed by atoms with Crippen molar-refractivity contribution in [3.63, 3.8) is 0 Å². The van der Waals surface area contributed by atoms with E-state index in [-0.39, 0.29) is 11.3 Å². The molecule has 0 aromatic heterocycles. The summed E-state index contributed by atoms with van der Waals surface area (Å²) in [5.41, 5.74) is -0.254. The van der Waals surface area contributed by atoms with Gasteiger partial charge in [-0.05, 0) is 31.9 Å². The Balaban J connectivity index is 2.33. The number of carbonyl (C=O) groups is 1. The standard InChI is InChI=1S/C12H23NOS/c1-12(2,3)11(14)13-9-5-7-10(15-4)8-6-9/h9-10H,5-8H2,1-4H3,(H,13,14). The quantitative estimate of drug-likeness (QED) is 0.789. The van der Waals surface area contributed by atoms with Crippen LogP contribution < -0.4 is 5.32 Å². The summed E-state index contributed by atoms with van der Waals surface area (Å²) < 4.78 is 0. The van der Waals surface area contributed by atoms with E-state index in [2.05, 4.69) is 11.6 Å². The molecule has 1 amide bonds. The van der Waals surface area contributed by atoms with Gasteiger partial charge in [-0.25, -0.2) is 0 Å². The monoisotopic (exact) mass is 229 g/mol. The van der Waals surface area contributed by atoms with Crippen molar-refractivity contribution in [1.29, 1.82) is 0 Å². The zero-order chi connectivity index (χ0) is 11.5. The summed E-state index contributed by atoms with van der Waals surface area (Å²) in [5.74, 6) is 0.190. The summed E-state index contributed by atoms with van der Waals surface area (Å²) in [4.78, 5) is 11.8. The molecular formula is C12H23NOS. The Hall–Kier alpha value is -0.180. The van der Waals surface area contributed by atoms with E-state index >= 15 is 0 Å². The van der Waals surface area contributed by atoms with Crippen molar-refractivity contribution in [2.45, 2.75) is 57.7 Å². The molecule has 0 radical (unpaired) electrons. The Morgan fingerprint density at radius 1 is 1.20 bits per heavy atom. The van der Waals surface area contributed by atoms with Crippen LogP contribution in [0.4, 0.5) is 0 Å². The zero-order valence-corrected chi connectivity index (χ0v) is 11.1. The van der Waals surface area contributed by atoms with Crippen LogP contribution in [0.15, 0.2) is 0 Å². The molecule has 0 heterocycles. The highest BCUT2D eigenvalue weighted by Gasteiger charge is 2.26. The molecule has 0 aliphatic heterocycles. The molecule has 0 bridgehead atoms. The average molecular weight is 229 g/mol. The summed E-state index contributed by atoms with van der Waals surface area (Å²) in [6.07, 6.45) is 6.96. The van der Waals surface area contributed by atoms with Gasteiger partial charge >= 0.3 is 0 Å². The first-order chi connectivity index (χ1) is 6.93. The van der Waals surface area contributed by atoms with Crippen LogP contribution in [0.5, 0.6) is 0 Å². The Morgan fingerprint density at radius 2 is 1.73 bits per heavy atom. The maximum Gasteiger partial charge on any atom is 0.225 e. The molecule has 3 heteroatoms. The molecule has 0 unspecified atom stereocenters. The Kier molecular flexibility index (Phi) is 4.50. The molecule has 1 saturated carbocycles. The molecule has 15 heavy (non-hydrogen) atoms. The highest BCUT2D eigenvalue weighted by Crippen LogP contribution is 2.27. The van der Waals surface area contributed by atoms with Gasteiger partial charge < -0.3 is 5.32 Å². The molecule has 1 N–H and O–H groups in total. The van der Waals surface area contributed by atoms with Crippen molar-refractivity contribution in [3.05, 3.63) is 0 Å². The van der Waals surface area contributed by atoms with Crippen LogP contribution in [-0.2, 0) is 4.79 Å². The Bertz CT molecular complexity index is 214. The van der Waals surface area contributed by atoms with Crippen molar-refractivity contribution < 1.29 is 4.79 Å². The Morgan fingerprint density at radius 3 is 2.13 bits per heavy atom. The van der Waals surface area contributed by atoms with E-state index in [1.54, 1.807) is 0 Å². The van der Waals surface area contributed by atoms with Crippen LogP contribution in [0.25, 0.3) is 0 Å². The predicted octanol–water partition coefficient (Wildman–Crippen LogP) is 2.82. The van der Waals surface area contributed by atoms with Gasteiger partial charge in [0.05, 0.1) is 0 Å². The van der Waals surface area contributed by atoms with Crippen molar-refractivity contribution >= 4 is 17.7 Å². The largest absolute Gasteiger partial charge is 0.353 e. The number of hydrogen-bond donors (Lipinski definition) is 1. The van der Waals surface area contributed by atoms with Gasteiger partial charge in [0, 0.05) is 16.7 Å². The maximum atomic E-state index is 11.8. The molecule has 0 saturated heterocycles. The topological polar surface area (TPSA) is 29.1 Å². The molecule has 1 rings (SSSR count). The highest BCUT2D eigenvalue weighted by atomic mass is 32.2. The van der Waals surface area contributed by atoms with Gasteiger partial charge in [-0.2, -0.15) is 11.8 Å². The van der Waals surface area contributed by atoms with Crippen molar-refractivity contribution in [3.8, 4) is 0 Å². The van der Waals surface area contributed by atoms with E-state index in [0.29, 0.717) is 6.04 Å². The van der Waals surface area contributed by atoms with Gasteiger partial charge in [-0.1, -0.05) is 20.8 Å². The number of carbonyl (C=O) groups excluding carboxylic acids is 1. The molecule has 2 nitrogen and oxygen atoms in total. The minimum absolute atomic E-state index is 0.190. The first-order valence-corrected chi connectivity index (χ1v) is 7.06. The fourth-order valence-corrected chi connectivity index (χ4v) is 2.59. The van der Waals surface area contributed by atoms with Crippen LogP contribution in [-0.4, -0.2) is 23.5 Å². The maximum absolute atomic E-state index is 11.8. The first kappa shape index (κ1) is 12.9. The van der Waals surface area contributed by atoms with E-state index in [1.165, 1.54) is 12.8 Å². The summed E-state index contributed by atoms with van der Waals surface area (Å²) in [7, 11) is 0. The lowest BCUT2D eigenvalue weighted by Crippen LogP contribution is -2.43. The molecule has 1 fully saturated rings. The third kappa shape index (κ3) is 4.06. The normalized spacial score (nSPS) is 27.5. The second-order valence-electron chi connectivity index (χ2n) is 5.43. The second kappa shape index (κ2) is 5.24. The second-order valence-corrected chi connectivity index (χ2v) is 6.57. The summed E-state index contributed by atoms with van der Waals surface area (Å²) in [6.45, 7) is 5.90. The van der Waals surface area contributed by atoms with E-state index in [0.717, 1.165) is 18.1 Å². The number of nitrogens with one attached hydrogen (secondary N) is 1. The SMILES string of the molecule is CSC1CCC(NC(=O)C(C)(C)C)CC1. The molecular weight excluding hydrogens is 206 g/mol. The lowest BCUT2D eigenvalue weighted by atomic mass is 9.91. The third-order valence-corrected chi connectivity index (χ3v) is 4.16. The number of rotatable bonds is 2. The Labute approximate surface area is 97.6 Å². The molecule has 0 spiro atoms. The summed E-state index contributed by atoms with van der Waals surface area (Å²) in [5, 5.41) is 3.97. The van der Waals surface area contributed by atoms with Crippen LogP contribution in [0, 0.1) is 5.41 Å². The average Bonchev–Trinajstić information content (AvgIpc) is 2.17. The first-order valence-electron chi connectivity index (χ1n) is 5.77. The molecule has 1 aliphatic rings. The fourth-order valence-electron chi connectivity index (χ4n) is 1.84. The zero-order valence-electron chi connectivity index (χ0n) is 10.3. The van der Waals surface area contributed by atoms with Crippen LogP contribution >= 0.6 is 11.8 Å². The van der Waals surface area contributed by atoms with Gasteiger partial charge in [0.1, 0.15) is 0 Å². The number of amides is 1. The predicted molar refractivity (Wildman–Crippen MR) is 67.2 cm³/mol. The lowest BCUT2D eigenvalue weighted by Gasteiger charge is -2.30. The van der Waals surface area contributed by atoms with E-state index < -0.39 is 0 Å². The van der Waals surface area contributed by atoms with Crippen molar-refractivity contribution in [2.24, 2.45) is 5.41 Å². The van der Waals surface area contributed by atoms with Gasteiger partial charge in [0.15, 0.2) is 0 Å². The third-order valence-electron chi connectivity index (χ3n) is 3.02. The van der Waals surface area contributed by atoms with Gasteiger partial charge in [-0.3, -0.25) is 4.79 Å². The number of hydrogen-bond acceptors (Lipinski definition) is 2. The molecule has 88 valence electrons. The molecule has 0 atom stereocenters. The van der Waals surface area contributed by atoms with Crippen LogP contribution in [0.3, 0.4) is 0 Å². The van der Waals surface area contributed by atoms with E-state index in [9.17, 15) is 4.79 Å². The number of thioether (sulfide) groups is 1. The van der Waals surface area contributed by atoms with Crippen molar-refractivity contribution in [2.75, 3.05) is 6.26 Å². The van der Waals surface area contributed by atoms with Crippen molar-refractivity contribution in [1.82, 2.24) is 5.32 Å². The minimum Gasteiger partial charge on any atom is -0.353 e. The van der Waals surface area contributed by atoms with Crippen LogP contribution in [0.2, 0.25) is 0 Å². The van der Waals surface area contributed by atoms with E-state index in [1.807, 2.05) is 32.5 Å². The highest BCUT2D eigenvalue weighted by molar-refractivity contribution is 7.99. The minimum atomic E-state index is -0.254. The molecule has 0 aromatic carbocycles. The van der Waals surface area contributed by atoms with Crippen LogP contribution in [0.1, 0.15) is 46.5 Å². The fraction of sp³-hybridized carbons (Fsp3) is 0.917. The van der Waals surface area contributed by atoms with Gasteiger partial charge in [0.2, 0.25) is 5.91 Å². The van der Waals surface area contributed by atoms with Gasteiger partial charge in [-0.15, -0.1) is 0 Å². The van der Waals surface area contributed by atoms with E-state index in [4.69, 9.17) is 0 Å². The smallest absolute Gasteiger partial charge is 0.225 e.